The second-order valence-electron chi connectivity index (χ2n) is 6.77. The first-order valence-corrected chi connectivity index (χ1v) is 11.3. The number of pyridine rings is 1. The van der Waals surface area contributed by atoms with E-state index in [1.54, 1.807) is 24.9 Å². The van der Waals surface area contributed by atoms with E-state index < -0.39 is 0 Å². The summed E-state index contributed by atoms with van der Waals surface area (Å²) in [5.41, 5.74) is 1.03. The molecule has 0 bridgehead atoms. The third-order valence-corrected chi connectivity index (χ3v) is 6.43. The number of nitriles is 1. The van der Waals surface area contributed by atoms with Crippen LogP contribution in [0.2, 0.25) is 0 Å². The fraction of sp³-hybridized carbons (Fsp3) is 0.524. The third-order valence-electron chi connectivity index (χ3n) is 5.05. The van der Waals surface area contributed by atoms with Crippen molar-refractivity contribution in [2.45, 2.75) is 34.1 Å². The second-order valence-corrected chi connectivity index (χ2v) is 8.45. The quantitative estimate of drug-likeness (QED) is 0.326. The first-order chi connectivity index (χ1) is 14.3. The maximum atomic E-state index is 13.0. The van der Waals surface area contributed by atoms with Gasteiger partial charge in [-0.05, 0) is 45.8 Å². The number of rotatable bonds is 9. The predicted molar refractivity (Wildman–Crippen MR) is 126 cm³/mol. The lowest BCUT2D eigenvalue weighted by atomic mass is 10.0. The highest BCUT2D eigenvalue weighted by atomic mass is 32.2. The van der Waals surface area contributed by atoms with Crippen molar-refractivity contribution in [3.05, 3.63) is 31.9 Å². The molecule has 30 heavy (non-hydrogen) atoms. The number of thioether (sulfide) groups is 1. The van der Waals surface area contributed by atoms with Gasteiger partial charge in [-0.1, -0.05) is 24.0 Å². The van der Waals surface area contributed by atoms with Crippen molar-refractivity contribution in [3.63, 3.8) is 0 Å². The molecule has 0 atom stereocenters. The van der Waals surface area contributed by atoms with Gasteiger partial charge in [0.05, 0.1) is 4.91 Å². The van der Waals surface area contributed by atoms with Crippen LogP contribution < -0.4 is 10.5 Å². The van der Waals surface area contributed by atoms with Crippen LogP contribution in [0.15, 0.2) is 9.70 Å². The second kappa shape index (κ2) is 10.8. The van der Waals surface area contributed by atoms with Crippen molar-refractivity contribution >= 4 is 46.1 Å². The number of carbonyl (C=O) groups excluding carboxylic acids is 1. The molecule has 1 amide bonds. The molecule has 0 saturated carbocycles. The van der Waals surface area contributed by atoms with E-state index in [9.17, 15) is 14.9 Å². The highest BCUT2D eigenvalue weighted by molar-refractivity contribution is 8.26. The van der Waals surface area contributed by atoms with Crippen molar-refractivity contribution in [2.75, 3.05) is 37.7 Å². The van der Waals surface area contributed by atoms with E-state index in [1.807, 2.05) is 31.7 Å². The van der Waals surface area contributed by atoms with Crippen LogP contribution in [0.25, 0.3) is 6.08 Å². The van der Waals surface area contributed by atoms with E-state index >= 15 is 0 Å². The lowest BCUT2D eigenvalue weighted by Crippen LogP contribution is -2.33. The number of nitrogens with zero attached hydrogens (tertiary/aromatic N) is 4. The Morgan fingerprint density at radius 2 is 1.93 bits per heavy atom. The Morgan fingerprint density at radius 3 is 2.50 bits per heavy atom. The number of hydrogen-bond donors (Lipinski definition) is 0. The molecule has 7 nitrogen and oxygen atoms in total. The van der Waals surface area contributed by atoms with E-state index in [-0.39, 0.29) is 17.0 Å². The van der Waals surface area contributed by atoms with Gasteiger partial charge in [-0.3, -0.25) is 19.1 Å². The zero-order valence-electron chi connectivity index (χ0n) is 18.2. The molecule has 1 aliphatic heterocycles. The summed E-state index contributed by atoms with van der Waals surface area (Å²) in [4.78, 5) is 29.8. The Balaban J connectivity index is 2.53. The third kappa shape index (κ3) is 4.77. The predicted octanol–water partition coefficient (Wildman–Crippen LogP) is 3.04. The van der Waals surface area contributed by atoms with Crippen molar-refractivity contribution in [1.82, 2.24) is 9.47 Å². The van der Waals surface area contributed by atoms with Crippen LogP contribution in [0.4, 0.5) is 5.82 Å². The van der Waals surface area contributed by atoms with E-state index in [4.69, 9.17) is 17.0 Å². The van der Waals surface area contributed by atoms with Crippen LogP contribution >= 0.6 is 24.0 Å². The largest absolute Gasteiger partial charge is 0.382 e. The normalized spacial score (nSPS) is 15.2. The average Bonchev–Trinajstić information content (AvgIpc) is 2.99. The van der Waals surface area contributed by atoms with Gasteiger partial charge in [0.1, 0.15) is 21.8 Å². The molecular formula is C21H28N4O3S2. The van der Waals surface area contributed by atoms with Gasteiger partial charge in [0.2, 0.25) is 0 Å². The first-order valence-electron chi connectivity index (χ1n) is 10.0. The molecule has 1 aromatic rings. The smallest absolute Gasteiger partial charge is 0.270 e. The van der Waals surface area contributed by atoms with Gasteiger partial charge in [0, 0.05) is 45.5 Å². The highest BCUT2D eigenvalue weighted by Gasteiger charge is 2.32. The summed E-state index contributed by atoms with van der Waals surface area (Å²) in [6, 6.07) is 2.02. The van der Waals surface area contributed by atoms with Crippen molar-refractivity contribution in [2.24, 2.45) is 7.05 Å². The van der Waals surface area contributed by atoms with Gasteiger partial charge in [0.25, 0.3) is 11.5 Å². The number of hydrogen-bond acceptors (Lipinski definition) is 7. The molecule has 162 valence electrons. The molecule has 1 fully saturated rings. The van der Waals surface area contributed by atoms with E-state index in [2.05, 4.69) is 0 Å². The van der Waals surface area contributed by atoms with Crippen LogP contribution in [0.5, 0.6) is 0 Å². The van der Waals surface area contributed by atoms with Gasteiger partial charge in [0.15, 0.2) is 0 Å². The molecule has 1 aliphatic rings. The van der Waals surface area contributed by atoms with Crippen LogP contribution in [0, 0.1) is 18.3 Å². The molecule has 0 unspecified atom stereocenters. The Labute approximate surface area is 187 Å². The van der Waals surface area contributed by atoms with Gasteiger partial charge >= 0.3 is 0 Å². The molecule has 1 aromatic heterocycles. The molecular weight excluding hydrogens is 420 g/mol. The van der Waals surface area contributed by atoms with Crippen LogP contribution in [0.1, 0.15) is 43.9 Å². The molecule has 0 spiro atoms. The summed E-state index contributed by atoms with van der Waals surface area (Å²) in [6.45, 7) is 10.8. The molecule has 0 radical (unpaired) electrons. The summed E-state index contributed by atoms with van der Waals surface area (Å²) < 4.78 is 7.35. The Hall–Kier alpha value is -2.15. The van der Waals surface area contributed by atoms with E-state index in [0.717, 1.165) is 0 Å². The maximum Gasteiger partial charge on any atom is 0.270 e. The van der Waals surface area contributed by atoms with Gasteiger partial charge in [-0.25, -0.2) is 0 Å². The minimum Gasteiger partial charge on any atom is -0.382 e. The van der Waals surface area contributed by atoms with E-state index in [0.29, 0.717) is 65.4 Å². The zero-order valence-corrected chi connectivity index (χ0v) is 19.8. The maximum absolute atomic E-state index is 13.0. The number of ether oxygens (including phenoxy) is 1. The fourth-order valence-electron chi connectivity index (χ4n) is 3.41. The standard InChI is InChI=1S/C21H28N4O3S2/c1-6-24(7-2)18-15(14(4)16(13-22)19(26)23(18)5)12-17-20(27)25(21(29)30-17)10-9-11-28-8-3/h12H,6-11H2,1-5H3/b17-12-. The van der Waals surface area contributed by atoms with E-state index in [1.165, 1.54) is 16.3 Å². The topological polar surface area (TPSA) is 78.6 Å². The van der Waals surface area contributed by atoms with Crippen molar-refractivity contribution < 1.29 is 9.53 Å². The first kappa shape index (κ1) is 24.1. The van der Waals surface area contributed by atoms with Crippen LogP contribution in [-0.4, -0.2) is 52.5 Å². The SMILES string of the molecule is CCOCCCN1C(=O)/C(=C/c2c(C)c(C#N)c(=O)n(C)c2N(CC)CC)SC1=S. The Morgan fingerprint density at radius 1 is 1.27 bits per heavy atom. The molecule has 0 aliphatic carbocycles. The molecule has 9 heteroatoms. The Bertz CT molecular complexity index is 958. The lowest BCUT2D eigenvalue weighted by Gasteiger charge is -2.27. The van der Waals surface area contributed by atoms with Gasteiger partial charge < -0.3 is 9.64 Å². The lowest BCUT2D eigenvalue weighted by molar-refractivity contribution is -0.122. The number of amides is 1. The molecule has 2 rings (SSSR count). The minimum atomic E-state index is -0.336. The summed E-state index contributed by atoms with van der Waals surface area (Å²) in [5.74, 6) is 0.543. The molecule has 0 aromatic carbocycles. The van der Waals surface area contributed by atoms with Crippen molar-refractivity contribution in [3.8, 4) is 6.07 Å². The summed E-state index contributed by atoms with van der Waals surface area (Å²) in [7, 11) is 1.66. The Kier molecular flexibility index (Phi) is 8.65. The summed E-state index contributed by atoms with van der Waals surface area (Å²) in [6.07, 6.45) is 2.47. The van der Waals surface area contributed by atoms with Gasteiger partial charge in [-0.2, -0.15) is 5.26 Å². The van der Waals surface area contributed by atoms with Crippen LogP contribution in [0.3, 0.4) is 0 Å². The van der Waals surface area contributed by atoms with Crippen molar-refractivity contribution in [1.29, 1.82) is 5.26 Å². The monoisotopic (exact) mass is 448 g/mol. The highest BCUT2D eigenvalue weighted by Crippen LogP contribution is 2.35. The molecule has 2 heterocycles. The number of anilines is 1. The molecule has 1 saturated heterocycles. The summed E-state index contributed by atoms with van der Waals surface area (Å²) in [5, 5.41) is 9.52. The summed E-state index contributed by atoms with van der Waals surface area (Å²) >= 11 is 6.66. The van der Waals surface area contributed by atoms with Gasteiger partial charge in [-0.15, -0.1) is 0 Å². The number of aromatic nitrogens is 1. The zero-order chi connectivity index (χ0) is 22.4. The number of thiocarbonyl (C=S) groups is 1. The molecule has 0 N–H and O–H groups in total. The number of carbonyl (C=O) groups is 1. The fourth-order valence-corrected chi connectivity index (χ4v) is 4.70. The minimum absolute atomic E-state index is 0.0897. The van der Waals surface area contributed by atoms with Crippen LogP contribution in [-0.2, 0) is 16.6 Å². The average molecular weight is 449 g/mol.